The summed E-state index contributed by atoms with van der Waals surface area (Å²) in [5.41, 5.74) is 1.02. The van der Waals surface area contributed by atoms with Gasteiger partial charge in [-0.25, -0.2) is 0 Å². The van der Waals surface area contributed by atoms with Crippen molar-refractivity contribution in [3.05, 3.63) is 23.8 Å². The van der Waals surface area contributed by atoms with E-state index in [1.165, 1.54) is 25.7 Å². The molecule has 3 rings (SSSR count). The molecule has 5 nitrogen and oxygen atoms in total. The van der Waals surface area contributed by atoms with Crippen molar-refractivity contribution in [2.45, 2.75) is 57.6 Å². The minimum atomic E-state index is -0.0651. The fourth-order valence-corrected chi connectivity index (χ4v) is 3.32. The fraction of sp³-hybridized carbons (Fsp3) is 0.650. The van der Waals surface area contributed by atoms with E-state index in [9.17, 15) is 4.79 Å². The van der Waals surface area contributed by atoms with Crippen LogP contribution in [0, 0.1) is 5.92 Å². The Morgan fingerprint density at radius 1 is 1.20 bits per heavy atom. The van der Waals surface area contributed by atoms with E-state index in [-0.39, 0.29) is 11.9 Å². The summed E-state index contributed by atoms with van der Waals surface area (Å²) in [7, 11) is 1.66. The van der Waals surface area contributed by atoms with E-state index in [1.807, 2.05) is 25.1 Å². The van der Waals surface area contributed by atoms with Crippen molar-refractivity contribution in [2.75, 3.05) is 20.2 Å². The zero-order valence-corrected chi connectivity index (χ0v) is 15.3. The number of ether oxygens (including phenoxy) is 2. The van der Waals surface area contributed by atoms with Crippen LogP contribution in [0.2, 0.25) is 0 Å². The Balaban J connectivity index is 1.53. The van der Waals surface area contributed by atoms with Gasteiger partial charge in [-0.3, -0.25) is 4.79 Å². The highest BCUT2D eigenvalue weighted by Crippen LogP contribution is 2.33. The highest BCUT2D eigenvalue weighted by atomic mass is 16.5. The molecule has 0 spiro atoms. The average molecular weight is 346 g/mol. The van der Waals surface area contributed by atoms with Crippen LogP contribution in [0.1, 0.15) is 57.1 Å². The lowest BCUT2D eigenvalue weighted by atomic mass is 10.1. The van der Waals surface area contributed by atoms with E-state index in [0.29, 0.717) is 12.6 Å². The Labute approximate surface area is 150 Å². The zero-order chi connectivity index (χ0) is 17.6. The maximum absolute atomic E-state index is 12.1. The number of methoxy groups -OCH3 is 1. The first-order valence-electron chi connectivity index (χ1n) is 9.50. The average Bonchev–Trinajstić information content (AvgIpc) is 3.29. The van der Waals surface area contributed by atoms with Crippen molar-refractivity contribution in [3.63, 3.8) is 0 Å². The van der Waals surface area contributed by atoms with E-state index in [1.54, 1.807) is 7.11 Å². The van der Waals surface area contributed by atoms with E-state index in [2.05, 4.69) is 10.6 Å². The first-order valence-corrected chi connectivity index (χ1v) is 9.50. The van der Waals surface area contributed by atoms with Crippen LogP contribution >= 0.6 is 0 Å². The van der Waals surface area contributed by atoms with Crippen molar-refractivity contribution in [1.29, 1.82) is 0 Å². The molecule has 1 unspecified atom stereocenters. The fourth-order valence-electron chi connectivity index (χ4n) is 3.32. The number of rotatable bonds is 9. The van der Waals surface area contributed by atoms with Crippen LogP contribution in [0.15, 0.2) is 18.2 Å². The molecule has 0 bridgehead atoms. The third-order valence-corrected chi connectivity index (χ3v) is 5.08. The van der Waals surface area contributed by atoms with Crippen LogP contribution in [0.25, 0.3) is 0 Å². The Kier molecular flexibility index (Phi) is 6.19. The topological polar surface area (TPSA) is 59.6 Å². The van der Waals surface area contributed by atoms with Crippen molar-refractivity contribution < 1.29 is 14.3 Å². The summed E-state index contributed by atoms with van der Waals surface area (Å²) in [4.78, 5) is 12.1. The standard InChI is InChI=1S/C20H30N2O3/c1-14(22-20(23)13-21-12-15-7-8-15)16-9-10-18(19(11-16)24-2)25-17-5-3-4-6-17/h9-11,14-15,17,21H,3-8,12-13H2,1-2H3,(H,22,23). The molecule has 5 heteroatoms. The summed E-state index contributed by atoms with van der Waals surface area (Å²) in [5, 5.41) is 6.26. The molecule has 2 fully saturated rings. The van der Waals surface area contributed by atoms with Crippen molar-refractivity contribution >= 4 is 5.91 Å². The smallest absolute Gasteiger partial charge is 0.234 e. The summed E-state index contributed by atoms with van der Waals surface area (Å²) >= 11 is 0. The van der Waals surface area contributed by atoms with Crippen molar-refractivity contribution in [1.82, 2.24) is 10.6 Å². The van der Waals surface area contributed by atoms with Crippen LogP contribution in [0.5, 0.6) is 11.5 Å². The number of carbonyl (C=O) groups is 1. The highest BCUT2D eigenvalue weighted by molar-refractivity contribution is 5.78. The lowest BCUT2D eigenvalue weighted by Gasteiger charge is -2.19. The minimum absolute atomic E-state index is 0.0263. The molecule has 1 atom stereocenters. The van der Waals surface area contributed by atoms with Gasteiger partial charge < -0.3 is 20.1 Å². The van der Waals surface area contributed by atoms with E-state index in [0.717, 1.165) is 42.4 Å². The summed E-state index contributed by atoms with van der Waals surface area (Å²) in [6, 6.07) is 5.87. The largest absolute Gasteiger partial charge is 0.493 e. The number of nitrogens with one attached hydrogen (secondary N) is 2. The Morgan fingerprint density at radius 2 is 1.96 bits per heavy atom. The van der Waals surface area contributed by atoms with Gasteiger partial charge in [-0.1, -0.05) is 6.07 Å². The molecule has 1 aromatic carbocycles. The molecule has 1 amide bonds. The number of carbonyl (C=O) groups excluding carboxylic acids is 1. The highest BCUT2D eigenvalue weighted by Gasteiger charge is 2.21. The molecule has 2 aliphatic rings. The third kappa shape index (κ3) is 5.36. The van der Waals surface area contributed by atoms with Crippen LogP contribution in [-0.4, -0.2) is 32.2 Å². The third-order valence-electron chi connectivity index (χ3n) is 5.08. The molecule has 2 aliphatic carbocycles. The van der Waals surface area contributed by atoms with E-state index < -0.39 is 0 Å². The molecule has 1 aromatic rings. The Hall–Kier alpha value is -1.75. The molecule has 0 aromatic heterocycles. The monoisotopic (exact) mass is 346 g/mol. The molecule has 138 valence electrons. The minimum Gasteiger partial charge on any atom is -0.493 e. The molecule has 25 heavy (non-hydrogen) atoms. The SMILES string of the molecule is COc1cc(C(C)NC(=O)CNCC2CC2)ccc1OC1CCCC1. The summed E-state index contributed by atoms with van der Waals surface area (Å²) in [6.07, 6.45) is 7.59. The number of amides is 1. The maximum Gasteiger partial charge on any atom is 0.234 e. The van der Waals surface area contributed by atoms with Crippen molar-refractivity contribution in [2.24, 2.45) is 5.92 Å². The normalized spacial score (nSPS) is 18.8. The van der Waals surface area contributed by atoms with Crippen LogP contribution in [-0.2, 0) is 4.79 Å². The second kappa shape index (κ2) is 8.56. The second-order valence-corrected chi connectivity index (χ2v) is 7.30. The van der Waals surface area contributed by atoms with Gasteiger partial charge in [-0.05, 0) is 75.6 Å². The molecule has 2 N–H and O–H groups in total. The molecule has 0 radical (unpaired) electrons. The number of hydrogen-bond donors (Lipinski definition) is 2. The quantitative estimate of drug-likeness (QED) is 0.721. The zero-order valence-electron chi connectivity index (χ0n) is 15.3. The summed E-state index contributed by atoms with van der Waals surface area (Å²) < 4.78 is 11.6. The van der Waals surface area contributed by atoms with Crippen LogP contribution in [0.3, 0.4) is 0 Å². The van der Waals surface area contributed by atoms with Gasteiger partial charge in [-0.15, -0.1) is 0 Å². The molecule has 2 saturated carbocycles. The Bertz CT molecular complexity index is 580. The first kappa shape index (κ1) is 18.1. The van der Waals surface area contributed by atoms with E-state index in [4.69, 9.17) is 9.47 Å². The van der Waals surface area contributed by atoms with Crippen LogP contribution in [0.4, 0.5) is 0 Å². The summed E-state index contributed by atoms with van der Waals surface area (Å²) in [5.74, 6) is 2.33. The van der Waals surface area contributed by atoms with Gasteiger partial charge in [0, 0.05) is 0 Å². The van der Waals surface area contributed by atoms with Gasteiger partial charge in [0.15, 0.2) is 11.5 Å². The van der Waals surface area contributed by atoms with Crippen molar-refractivity contribution in [3.8, 4) is 11.5 Å². The van der Waals surface area contributed by atoms with Gasteiger partial charge >= 0.3 is 0 Å². The lowest BCUT2D eigenvalue weighted by molar-refractivity contribution is -0.120. The summed E-state index contributed by atoms with van der Waals surface area (Å²) in [6.45, 7) is 3.31. The van der Waals surface area contributed by atoms with Gasteiger partial charge in [0.1, 0.15) is 0 Å². The molecule has 0 heterocycles. The predicted octanol–water partition coefficient (Wildman–Crippen LogP) is 3.19. The first-order chi connectivity index (χ1) is 12.2. The van der Waals surface area contributed by atoms with E-state index >= 15 is 0 Å². The van der Waals surface area contributed by atoms with Gasteiger partial charge in [0.25, 0.3) is 0 Å². The maximum atomic E-state index is 12.1. The predicted molar refractivity (Wildman–Crippen MR) is 98.0 cm³/mol. The van der Waals surface area contributed by atoms with Gasteiger partial charge in [-0.2, -0.15) is 0 Å². The number of hydrogen-bond acceptors (Lipinski definition) is 4. The molecular formula is C20H30N2O3. The number of benzene rings is 1. The lowest BCUT2D eigenvalue weighted by Crippen LogP contribution is -2.36. The molecule has 0 aliphatic heterocycles. The Morgan fingerprint density at radius 3 is 2.64 bits per heavy atom. The van der Waals surface area contributed by atoms with Crippen LogP contribution < -0.4 is 20.1 Å². The second-order valence-electron chi connectivity index (χ2n) is 7.30. The molecule has 0 saturated heterocycles. The van der Waals surface area contributed by atoms with Gasteiger partial charge in [0.05, 0.1) is 25.8 Å². The molecular weight excluding hydrogens is 316 g/mol. The van der Waals surface area contributed by atoms with Gasteiger partial charge in [0.2, 0.25) is 5.91 Å².